The third-order valence-electron chi connectivity index (χ3n) is 7.40. The average molecular weight is 617 g/mol. The maximum Gasteiger partial charge on any atom is 0.268 e. The first-order chi connectivity index (χ1) is 20.6. The number of nitrogens with zero attached hydrogens (tertiary/aromatic N) is 3. The standard InChI is InChI=1S/C30H34F2N4O6S/c1-3-25(24-9-6-21(16-33-24)40-18-19-4-5-19)42-26-10-8-23(28(31)29(26)32)30(37)35-43(38,39)22-7-11-27(34-17-22)41-20-12-14-36(2)15-13-20/h6-11,16-17,19-20,25H,3-5,12-15,18H2,1-2H3,(H,35,37)/t25-/m1/s1. The van der Waals surface area contributed by atoms with Crippen LogP contribution in [0.3, 0.4) is 0 Å². The predicted molar refractivity (Wildman–Crippen MR) is 153 cm³/mol. The van der Waals surface area contributed by atoms with Gasteiger partial charge in [0.05, 0.1) is 30.3 Å². The quantitative estimate of drug-likeness (QED) is 0.310. The van der Waals surface area contributed by atoms with Crippen LogP contribution in [0, 0.1) is 17.6 Å². The highest BCUT2D eigenvalue weighted by atomic mass is 32.2. The first-order valence-corrected chi connectivity index (χ1v) is 15.7. The molecular weight excluding hydrogens is 582 g/mol. The predicted octanol–water partition coefficient (Wildman–Crippen LogP) is 4.67. The first kappa shape index (κ1) is 30.6. The van der Waals surface area contributed by atoms with Crippen LogP contribution in [0.25, 0.3) is 0 Å². The fourth-order valence-corrected chi connectivity index (χ4v) is 5.49. The molecule has 1 atom stereocenters. The van der Waals surface area contributed by atoms with E-state index in [0.29, 0.717) is 30.4 Å². The van der Waals surface area contributed by atoms with Crippen LogP contribution in [0.2, 0.25) is 0 Å². The van der Waals surface area contributed by atoms with E-state index in [4.69, 9.17) is 14.2 Å². The van der Waals surface area contributed by atoms with Crippen molar-refractivity contribution >= 4 is 15.9 Å². The van der Waals surface area contributed by atoms with E-state index in [2.05, 4.69) is 14.9 Å². The third kappa shape index (κ3) is 7.77. The van der Waals surface area contributed by atoms with Crippen molar-refractivity contribution in [3.05, 3.63) is 71.7 Å². The van der Waals surface area contributed by atoms with Crippen molar-refractivity contribution in [3.8, 4) is 17.4 Å². The molecule has 1 N–H and O–H groups in total. The molecule has 2 aromatic heterocycles. The molecule has 10 nitrogen and oxygen atoms in total. The summed E-state index contributed by atoms with van der Waals surface area (Å²) in [6, 6.07) is 8.09. The number of carbonyl (C=O) groups is 1. The molecule has 1 aliphatic heterocycles. The average Bonchev–Trinajstić information content (AvgIpc) is 3.83. The van der Waals surface area contributed by atoms with Crippen molar-refractivity contribution < 1.29 is 36.2 Å². The van der Waals surface area contributed by atoms with Crippen LogP contribution in [0.15, 0.2) is 53.7 Å². The summed E-state index contributed by atoms with van der Waals surface area (Å²) < 4.78 is 74.5. The summed E-state index contributed by atoms with van der Waals surface area (Å²) in [6.07, 6.45) is 6.22. The summed E-state index contributed by atoms with van der Waals surface area (Å²) in [7, 11) is -2.41. The van der Waals surface area contributed by atoms with E-state index >= 15 is 0 Å². The molecule has 1 aromatic carbocycles. The van der Waals surface area contributed by atoms with E-state index in [0.717, 1.165) is 57.1 Å². The molecule has 3 heterocycles. The Balaban J connectivity index is 1.21. The van der Waals surface area contributed by atoms with Gasteiger partial charge >= 0.3 is 0 Å². The number of ether oxygens (including phenoxy) is 3. The summed E-state index contributed by atoms with van der Waals surface area (Å²) >= 11 is 0. The molecule has 1 aliphatic carbocycles. The summed E-state index contributed by atoms with van der Waals surface area (Å²) in [4.78, 5) is 22.9. The third-order valence-corrected chi connectivity index (χ3v) is 8.72. The molecule has 2 aliphatic rings. The Labute approximate surface area is 249 Å². The second kappa shape index (κ2) is 13.2. The van der Waals surface area contributed by atoms with Crippen molar-refractivity contribution in [2.45, 2.75) is 56.1 Å². The zero-order valence-corrected chi connectivity index (χ0v) is 24.8. The van der Waals surface area contributed by atoms with Gasteiger partial charge in [0.2, 0.25) is 11.7 Å². The Morgan fingerprint density at radius 3 is 2.42 bits per heavy atom. The van der Waals surface area contributed by atoms with Crippen LogP contribution in [0.4, 0.5) is 8.78 Å². The number of sulfonamides is 1. The fourth-order valence-electron chi connectivity index (χ4n) is 4.58. The maximum atomic E-state index is 15.0. The highest BCUT2D eigenvalue weighted by Gasteiger charge is 2.27. The van der Waals surface area contributed by atoms with Crippen molar-refractivity contribution in [1.29, 1.82) is 0 Å². The summed E-state index contributed by atoms with van der Waals surface area (Å²) in [5.41, 5.74) is -0.308. The Hall–Kier alpha value is -3.84. The summed E-state index contributed by atoms with van der Waals surface area (Å²) in [5, 5.41) is 0. The van der Waals surface area contributed by atoms with Crippen LogP contribution in [0.1, 0.15) is 61.2 Å². The van der Waals surface area contributed by atoms with Crippen LogP contribution in [-0.2, 0) is 10.0 Å². The summed E-state index contributed by atoms with van der Waals surface area (Å²) in [5.74, 6) is -3.30. The lowest BCUT2D eigenvalue weighted by molar-refractivity contribution is 0.0976. The van der Waals surface area contributed by atoms with E-state index in [9.17, 15) is 22.0 Å². The summed E-state index contributed by atoms with van der Waals surface area (Å²) in [6.45, 7) is 4.20. The van der Waals surface area contributed by atoms with Gasteiger partial charge < -0.3 is 19.1 Å². The number of nitrogens with one attached hydrogen (secondary N) is 1. The Morgan fingerprint density at radius 1 is 1.02 bits per heavy atom. The number of amides is 1. The number of rotatable bonds is 12. The van der Waals surface area contributed by atoms with E-state index in [1.807, 2.05) is 7.05 Å². The Kier molecular flexibility index (Phi) is 9.40. The number of hydrogen-bond donors (Lipinski definition) is 1. The number of hydrogen-bond acceptors (Lipinski definition) is 9. The number of halogens is 2. The molecule has 2 fully saturated rings. The van der Waals surface area contributed by atoms with Gasteiger partial charge in [-0.05, 0) is 75.4 Å². The number of carbonyl (C=O) groups excluding carboxylic acids is 1. The smallest absolute Gasteiger partial charge is 0.268 e. The highest BCUT2D eigenvalue weighted by Crippen LogP contribution is 2.31. The lowest BCUT2D eigenvalue weighted by Crippen LogP contribution is -2.35. The van der Waals surface area contributed by atoms with Crippen LogP contribution < -0.4 is 18.9 Å². The topological polar surface area (TPSA) is 120 Å². The molecule has 0 unspecified atom stereocenters. The maximum absolute atomic E-state index is 15.0. The zero-order valence-electron chi connectivity index (χ0n) is 24.0. The molecule has 1 amide bonds. The van der Waals surface area contributed by atoms with Gasteiger partial charge in [-0.3, -0.25) is 9.78 Å². The first-order valence-electron chi connectivity index (χ1n) is 14.2. The van der Waals surface area contributed by atoms with E-state index in [1.54, 1.807) is 30.0 Å². The molecule has 230 valence electrons. The molecule has 43 heavy (non-hydrogen) atoms. The highest BCUT2D eigenvalue weighted by molar-refractivity contribution is 7.90. The monoisotopic (exact) mass is 616 g/mol. The van der Waals surface area contributed by atoms with Gasteiger partial charge in [-0.25, -0.2) is 22.5 Å². The van der Waals surface area contributed by atoms with Crippen LogP contribution >= 0.6 is 0 Å². The van der Waals surface area contributed by atoms with E-state index in [-0.39, 0.29) is 16.9 Å². The van der Waals surface area contributed by atoms with Gasteiger partial charge in [0.15, 0.2) is 11.6 Å². The minimum atomic E-state index is -4.44. The number of aromatic nitrogens is 2. The van der Waals surface area contributed by atoms with Gasteiger partial charge in [0, 0.05) is 19.2 Å². The molecule has 3 aromatic rings. The SMILES string of the molecule is CC[C@@H](Oc1ccc(C(=O)NS(=O)(=O)c2ccc(OC3CCN(C)CC3)nc2)c(F)c1F)c1ccc(OCC2CC2)cn1. The fraction of sp³-hybridized carbons (Fsp3) is 0.433. The van der Waals surface area contributed by atoms with Gasteiger partial charge in [0.25, 0.3) is 15.9 Å². The number of likely N-dealkylation sites (tertiary alicyclic amines) is 1. The largest absolute Gasteiger partial charge is 0.492 e. The second-order valence-corrected chi connectivity index (χ2v) is 12.5. The van der Waals surface area contributed by atoms with Crippen molar-refractivity contribution in [2.24, 2.45) is 5.92 Å². The Morgan fingerprint density at radius 2 is 1.79 bits per heavy atom. The minimum absolute atomic E-state index is 0.0312. The van der Waals surface area contributed by atoms with Crippen molar-refractivity contribution in [2.75, 3.05) is 26.7 Å². The van der Waals surface area contributed by atoms with E-state index < -0.39 is 45.0 Å². The van der Waals surface area contributed by atoms with Crippen molar-refractivity contribution in [3.63, 3.8) is 0 Å². The Bertz CT molecular complexity index is 1530. The molecule has 5 rings (SSSR count). The number of pyridine rings is 2. The van der Waals surface area contributed by atoms with Gasteiger partial charge in [-0.2, -0.15) is 4.39 Å². The van der Waals surface area contributed by atoms with Crippen LogP contribution in [0.5, 0.6) is 17.4 Å². The van der Waals surface area contributed by atoms with E-state index in [1.165, 1.54) is 12.1 Å². The van der Waals surface area contributed by atoms with Gasteiger partial charge in [-0.1, -0.05) is 6.92 Å². The van der Waals surface area contributed by atoms with Crippen molar-refractivity contribution in [1.82, 2.24) is 19.6 Å². The number of piperidine rings is 1. The zero-order chi connectivity index (χ0) is 30.6. The lowest BCUT2D eigenvalue weighted by Gasteiger charge is -2.28. The number of benzene rings is 1. The molecule has 0 bridgehead atoms. The van der Waals surface area contributed by atoms with Gasteiger partial charge in [0.1, 0.15) is 22.9 Å². The second-order valence-electron chi connectivity index (χ2n) is 10.8. The molecule has 0 spiro atoms. The minimum Gasteiger partial charge on any atom is -0.492 e. The molecule has 1 saturated carbocycles. The normalized spacial score (nSPS) is 16.8. The van der Waals surface area contributed by atoms with Crippen LogP contribution in [-0.4, -0.2) is 62.0 Å². The molecule has 13 heteroatoms. The molecule has 1 saturated heterocycles. The van der Waals surface area contributed by atoms with Gasteiger partial charge in [-0.15, -0.1) is 0 Å². The molecule has 0 radical (unpaired) electrons. The molecular formula is C30H34F2N4O6S. The lowest BCUT2D eigenvalue weighted by atomic mass is 10.1.